The number of benzene rings is 2. The molecule has 5 nitrogen and oxygen atoms in total. The van der Waals surface area contributed by atoms with Crippen LogP contribution in [-0.4, -0.2) is 31.4 Å². The highest BCUT2D eigenvalue weighted by Crippen LogP contribution is 2.34. The Morgan fingerprint density at radius 3 is 2.53 bits per heavy atom. The third-order valence-corrected chi connectivity index (χ3v) is 5.61. The van der Waals surface area contributed by atoms with Crippen LogP contribution in [0.25, 0.3) is 0 Å². The molecule has 3 rings (SSSR count). The SMILES string of the molecule is CCC(=O)CC(=O)NCC(C#Cc1ccccc1)c1ccc(OC)c(OC2CCCC2)c1. The molecule has 1 unspecified atom stereocenters. The molecule has 32 heavy (non-hydrogen) atoms. The Kier molecular flexibility index (Phi) is 8.74. The lowest BCUT2D eigenvalue weighted by Crippen LogP contribution is -2.29. The molecule has 1 aliphatic carbocycles. The third-order valence-electron chi connectivity index (χ3n) is 5.61. The molecule has 0 radical (unpaired) electrons. The predicted molar refractivity (Wildman–Crippen MR) is 125 cm³/mol. The lowest BCUT2D eigenvalue weighted by atomic mass is 9.98. The maximum atomic E-state index is 12.2. The molecule has 2 aromatic rings. The average Bonchev–Trinajstić information content (AvgIpc) is 3.33. The normalized spacial score (nSPS) is 14.2. The molecule has 0 bridgehead atoms. The molecule has 1 saturated carbocycles. The van der Waals surface area contributed by atoms with Gasteiger partial charge in [-0.25, -0.2) is 0 Å². The molecule has 0 aliphatic heterocycles. The molecule has 168 valence electrons. The van der Waals surface area contributed by atoms with E-state index in [0.29, 0.717) is 24.5 Å². The quantitative estimate of drug-likeness (QED) is 0.462. The molecule has 1 fully saturated rings. The number of ketones is 1. The van der Waals surface area contributed by atoms with Crippen LogP contribution >= 0.6 is 0 Å². The molecule has 5 heteroatoms. The monoisotopic (exact) mass is 433 g/mol. The van der Waals surface area contributed by atoms with Gasteiger partial charge >= 0.3 is 0 Å². The first-order chi connectivity index (χ1) is 15.6. The lowest BCUT2D eigenvalue weighted by Gasteiger charge is -2.19. The van der Waals surface area contributed by atoms with Crippen molar-refractivity contribution in [1.29, 1.82) is 0 Å². The Morgan fingerprint density at radius 2 is 1.84 bits per heavy atom. The van der Waals surface area contributed by atoms with E-state index in [1.807, 2.05) is 48.5 Å². The Labute approximate surface area is 190 Å². The Morgan fingerprint density at radius 1 is 1.09 bits per heavy atom. The summed E-state index contributed by atoms with van der Waals surface area (Å²) < 4.78 is 11.7. The number of hydrogen-bond acceptors (Lipinski definition) is 4. The summed E-state index contributed by atoms with van der Waals surface area (Å²) in [6.07, 6.45) is 4.91. The minimum atomic E-state index is -0.278. The molecule has 1 N–H and O–H groups in total. The molecule has 2 aromatic carbocycles. The lowest BCUT2D eigenvalue weighted by molar-refractivity contribution is -0.128. The van der Waals surface area contributed by atoms with Crippen molar-refractivity contribution in [3.8, 4) is 23.3 Å². The molecule has 0 aromatic heterocycles. The number of ether oxygens (including phenoxy) is 2. The number of carbonyl (C=O) groups is 2. The maximum absolute atomic E-state index is 12.2. The van der Waals surface area contributed by atoms with Crippen LogP contribution in [0, 0.1) is 11.8 Å². The van der Waals surface area contributed by atoms with Crippen LogP contribution in [0.2, 0.25) is 0 Å². The molecule has 0 spiro atoms. The predicted octanol–water partition coefficient (Wildman–Crippen LogP) is 4.64. The number of rotatable bonds is 9. The van der Waals surface area contributed by atoms with Gasteiger partial charge in [0.05, 0.1) is 25.6 Å². The number of carbonyl (C=O) groups excluding carboxylic acids is 2. The second-order valence-corrected chi connectivity index (χ2v) is 8.00. The molecular weight excluding hydrogens is 402 g/mol. The van der Waals surface area contributed by atoms with Gasteiger partial charge in [0.25, 0.3) is 0 Å². The summed E-state index contributed by atoms with van der Waals surface area (Å²) >= 11 is 0. The summed E-state index contributed by atoms with van der Waals surface area (Å²) in [7, 11) is 1.63. The zero-order valence-corrected chi connectivity index (χ0v) is 18.9. The molecule has 0 heterocycles. The van der Waals surface area contributed by atoms with Crippen LogP contribution in [0.4, 0.5) is 0 Å². The van der Waals surface area contributed by atoms with Crippen molar-refractivity contribution in [2.45, 2.75) is 57.5 Å². The van der Waals surface area contributed by atoms with Gasteiger partial charge in [-0.3, -0.25) is 9.59 Å². The van der Waals surface area contributed by atoms with E-state index in [4.69, 9.17) is 9.47 Å². The fraction of sp³-hybridized carbons (Fsp3) is 0.407. The third kappa shape index (κ3) is 6.88. The number of Topliss-reactive ketones (excluding diaryl/α,β-unsaturated/α-hetero) is 1. The maximum Gasteiger partial charge on any atom is 0.227 e. The fourth-order valence-electron chi connectivity index (χ4n) is 3.71. The molecule has 1 aliphatic rings. The van der Waals surface area contributed by atoms with E-state index in [1.54, 1.807) is 14.0 Å². The first-order valence-corrected chi connectivity index (χ1v) is 11.3. The molecular formula is C27H31NO4. The summed E-state index contributed by atoms with van der Waals surface area (Å²) in [5, 5.41) is 2.87. The van der Waals surface area contributed by atoms with Crippen LogP contribution in [0.1, 0.15) is 62.5 Å². The van der Waals surface area contributed by atoms with Gasteiger partial charge in [-0.1, -0.05) is 43.0 Å². The standard InChI is InChI=1S/C27H31NO4/c1-3-23(29)18-27(30)28-19-22(14-13-20-9-5-4-6-10-20)21-15-16-25(31-2)26(17-21)32-24-11-7-8-12-24/h4-6,9-10,15-17,22,24H,3,7-8,11-12,18-19H2,1-2H3,(H,28,30). The van der Waals surface area contributed by atoms with Crippen molar-refractivity contribution < 1.29 is 19.1 Å². The van der Waals surface area contributed by atoms with E-state index in [1.165, 1.54) is 12.8 Å². The minimum Gasteiger partial charge on any atom is -0.493 e. The number of methoxy groups -OCH3 is 1. The van der Waals surface area contributed by atoms with E-state index in [-0.39, 0.29) is 30.1 Å². The highest BCUT2D eigenvalue weighted by atomic mass is 16.5. The number of nitrogens with one attached hydrogen (secondary N) is 1. The van der Waals surface area contributed by atoms with E-state index in [0.717, 1.165) is 24.0 Å². The topological polar surface area (TPSA) is 64.6 Å². The Bertz CT molecular complexity index is 968. The van der Waals surface area contributed by atoms with Crippen molar-refractivity contribution in [1.82, 2.24) is 5.32 Å². The van der Waals surface area contributed by atoms with Crippen LogP contribution in [-0.2, 0) is 9.59 Å². The fourth-order valence-corrected chi connectivity index (χ4v) is 3.71. The van der Waals surface area contributed by atoms with Crippen molar-refractivity contribution in [3.05, 3.63) is 59.7 Å². The average molecular weight is 434 g/mol. The van der Waals surface area contributed by atoms with Gasteiger partial charge in [0.2, 0.25) is 5.91 Å². The van der Waals surface area contributed by atoms with E-state index in [2.05, 4.69) is 17.2 Å². The Hall–Kier alpha value is -3.26. The largest absolute Gasteiger partial charge is 0.493 e. The zero-order chi connectivity index (χ0) is 22.8. The van der Waals surface area contributed by atoms with Crippen molar-refractivity contribution in [3.63, 3.8) is 0 Å². The summed E-state index contributed by atoms with van der Waals surface area (Å²) in [5.41, 5.74) is 1.84. The van der Waals surface area contributed by atoms with Crippen molar-refractivity contribution in [2.24, 2.45) is 0 Å². The van der Waals surface area contributed by atoms with Gasteiger partial charge in [-0.15, -0.1) is 0 Å². The second-order valence-electron chi connectivity index (χ2n) is 8.00. The van der Waals surface area contributed by atoms with Gasteiger partial charge in [-0.05, 0) is 55.5 Å². The number of amides is 1. The van der Waals surface area contributed by atoms with Crippen LogP contribution in [0.3, 0.4) is 0 Å². The van der Waals surface area contributed by atoms with Gasteiger partial charge < -0.3 is 14.8 Å². The van der Waals surface area contributed by atoms with Gasteiger partial charge in [0.15, 0.2) is 11.5 Å². The van der Waals surface area contributed by atoms with Gasteiger partial charge in [-0.2, -0.15) is 0 Å². The molecule has 1 atom stereocenters. The second kappa shape index (κ2) is 12.0. The van der Waals surface area contributed by atoms with Crippen LogP contribution in [0.5, 0.6) is 11.5 Å². The van der Waals surface area contributed by atoms with E-state index in [9.17, 15) is 9.59 Å². The highest BCUT2D eigenvalue weighted by molar-refractivity contribution is 5.97. The highest BCUT2D eigenvalue weighted by Gasteiger charge is 2.20. The van der Waals surface area contributed by atoms with Crippen LogP contribution < -0.4 is 14.8 Å². The van der Waals surface area contributed by atoms with Crippen LogP contribution in [0.15, 0.2) is 48.5 Å². The smallest absolute Gasteiger partial charge is 0.227 e. The first kappa shape index (κ1) is 23.4. The van der Waals surface area contributed by atoms with Gasteiger partial charge in [0, 0.05) is 18.5 Å². The van der Waals surface area contributed by atoms with E-state index >= 15 is 0 Å². The number of hydrogen-bond donors (Lipinski definition) is 1. The van der Waals surface area contributed by atoms with Gasteiger partial charge in [0.1, 0.15) is 5.78 Å². The summed E-state index contributed by atoms with van der Waals surface area (Å²) in [6, 6.07) is 15.5. The van der Waals surface area contributed by atoms with Crippen molar-refractivity contribution >= 4 is 11.7 Å². The molecule has 0 saturated heterocycles. The van der Waals surface area contributed by atoms with E-state index < -0.39 is 0 Å². The molecule has 1 amide bonds. The minimum absolute atomic E-state index is 0.0777. The first-order valence-electron chi connectivity index (χ1n) is 11.3. The summed E-state index contributed by atoms with van der Waals surface area (Å²) in [4.78, 5) is 23.8. The summed E-state index contributed by atoms with van der Waals surface area (Å²) in [6.45, 7) is 2.07. The Balaban J connectivity index is 1.83. The zero-order valence-electron chi connectivity index (χ0n) is 18.9. The summed E-state index contributed by atoms with van der Waals surface area (Å²) in [5.74, 6) is 7.27. The van der Waals surface area contributed by atoms with Crippen molar-refractivity contribution in [2.75, 3.05) is 13.7 Å².